The standard InChI is InChI=1S/C26H22ClNO5/c1-15-4-11-19(12-5-15)28-23(17-8-13-20(32-2)21(14-17)33-3)22(25(30)26(28)31)24(29)16-6-9-18(27)10-7-16/h4-14,23,29H,1-3H3/b24-22+/t23-/m1/s1. The number of aliphatic hydroxyl groups excluding tert-OH is 1. The second-order valence-electron chi connectivity index (χ2n) is 7.63. The normalized spacial score (nSPS) is 17.3. The minimum absolute atomic E-state index is 0.0184. The molecule has 3 aromatic rings. The number of benzene rings is 3. The topological polar surface area (TPSA) is 76.1 Å². The Balaban J connectivity index is 1.96. The third kappa shape index (κ3) is 4.05. The molecule has 0 radical (unpaired) electrons. The van der Waals surface area contributed by atoms with Crippen LogP contribution in [-0.4, -0.2) is 31.0 Å². The largest absolute Gasteiger partial charge is 0.507 e. The highest BCUT2D eigenvalue weighted by atomic mass is 35.5. The summed E-state index contributed by atoms with van der Waals surface area (Å²) in [5, 5.41) is 11.6. The summed E-state index contributed by atoms with van der Waals surface area (Å²) in [6.45, 7) is 1.93. The van der Waals surface area contributed by atoms with Crippen LogP contribution in [0.4, 0.5) is 5.69 Å². The van der Waals surface area contributed by atoms with Crippen molar-refractivity contribution in [3.8, 4) is 11.5 Å². The molecule has 6 nitrogen and oxygen atoms in total. The van der Waals surface area contributed by atoms with Crippen LogP contribution in [0.2, 0.25) is 5.02 Å². The summed E-state index contributed by atoms with van der Waals surface area (Å²) < 4.78 is 10.8. The van der Waals surface area contributed by atoms with Gasteiger partial charge in [-0.05, 0) is 61.0 Å². The van der Waals surface area contributed by atoms with Gasteiger partial charge in [0.25, 0.3) is 11.7 Å². The van der Waals surface area contributed by atoms with E-state index in [1.54, 1.807) is 54.6 Å². The Labute approximate surface area is 196 Å². The van der Waals surface area contributed by atoms with Crippen molar-refractivity contribution in [2.75, 3.05) is 19.1 Å². The molecule has 0 spiro atoms. The number of anilines is 1. The molecule has 168 valence electrons. The van der Waals surface area contributed by atoms with Gasteiger partial charge in [-0.3, -0.25) is 14.5 Å². The van der Waals surface area contributed by atoms with Gasteiger partial charge in [-0.25, -0.2) is 0 Å². The number of ketones is 1. The monoisotopic (exact) mass is 463 g/mol. The summed E-state index contributed by atoms with van der Waals surface area (Å²) in [5.41, 5.74) is 2.50. The second-order valence-corrected chi connectivity index (χ2v) is 8.06. The number of nitrogens with zero attached hydrogens (tertiary/aromatic N) is 1. The maximum atomic E-state index is 13.2. The van der Waals surface area contributed by atoms with E-state index in [1.807, 2.05) is 19.1 Å². The number of hydrogen-bond acceptors (Lipinski definition) is 5. The molecule has 0 aliphatic carbocycles. The molecular weight excluding hydrogens is 442 g/mol. The first kappa shape index (κ1) is 22.4. The third-order valence-electron chi connectivity index (χ3n) is 5.60. The maximum Gasteiger partial charge on any atom is 0.300 e. The summed E-state index contributed by atoms with van der Waals surface area (Å²) in [6, 6.07) is 18.0. The quantitative estimate of drug-likeness (QED) is 0.316. The Hall–Kier alpha value is -3.77. The van der Waals surface area contributed by atoms with E-state index in [4.69, 9.17) is 21.1 Å². The highest BCUT2D eigenvalue weighted by Gasteiger charge is 2.47. The van der Waals surface area contributed by atoms with Crippen LogP contribution in [-0.2, 0) is 9.59 Å². The lowest BCUT2D eigenvalue weighted by atomic mass is 9.94. The van der Waals surface area contributed by atoms with Crippen molar-refractivity contribution < 1.29 is 24.2 Å². The molecule has 1 fully saturated rings. The van der Waals surface area contributed by atoms with E-state index >= 15 is 0 Å². The molecular formula is C26H22ClNO5. The SMILES string of the molecule is COc1ccc([C@@H]2/C(=C(\O)c3ccc(Cl)cc3)C(=O)C(=O)N2c2ccc(C)cc2)cc1OC. The van der Waals surface area contributed by atoms with Gasteiger partial charge >= 0.3 is 0 Å². The summed E-state index contributed by atoms with van der Waals surface area (Å²) in [7, 11) is 3.03. The van der Waals surface area contributed by atoms with Gasteiger partial charge in [-0.2, -0.15) is 0 Å². The van der Waals surface area contributed by atoms with Crippen molar-refractivity contribution in [1.29, 1.82) is 0 Å². The van der Waals surface area contributed by atoms with Crippen molar-refractivity contribution >= 4 is 34.7 Å². The predicted octanol–water partition coefficient (Wildman–Crippen LogP) is 5.29. The number of carbonyl (C=O) groups is 2. The number of rotatable bonds is 5. The summed E-state index contributed by atoms with van der Waals surface area (Å²) in [5.74, 6) is -0.835. The molecule has 7 heteroatoms. The molecule has 1 saturated heterocycles. The average molecular weight is 464 g/mol. The molecule has 1 aliphatic heterocycles. The van der Waals surface area contributed by atoms with Crippen LogP contribution >= 0.6 is 11.6 Å². The van der Waals surface area contributed by atoms with Crippen LogP contribution in [0, 0.1) is 6.92 Å². The molecule has 33 heavy (non-hydrogen) atoms. The van der Waals surface area contributed by atoms with Gasteiger partial charge in [0.2, 0.25) is 0 Å². The molecule has 1 amide bonds. The van der Waals surface area contributed by atoms with E-state index in [-0.39, 0.29) is 11.3 Å². The van der Waals surface area contributed by atoms with Crippen molar-refractivity contribution in [2.45, 2.75) is 13.0 Å². The number of carbonyl (C=O) groups excluding carboxylic acids is 2. The highest BCUT2D eigenvalue weighted by molar-refractivity contribution is 6.51. The van der Waals surface area contributed by atoms with Crippen LogP contribution in [0.3, 0.4) is 0 Å². The van der Waals surface area contributed by atoms with Crippen LogP contribution in [0.15, 0.2) is 72.3 Å². The zero-order chi connectivity index (χ0) is 23.7. The first-order valence-corrected chi connectivity index (χ1v) is 10.6. The molecule has 1 aliphatic rings. The van der Waals surface area contributed by atoms with Crippen LogP contribution in [0.25, 0.3) is 5.76 Å². The number of aliphatic hydroxyl groups is 1. The minimum Gasteiger partial charge on any atom is -0.507 e. The lowest BCUT2D eigenvalue weighted by Crippen LogP contribution is -2.29. The van der Waals surface area contributed by atoms with Gasteiger partial charge in [-0.15, -0.1) is 0 Å². The van der Waals surface area contributed by atoms with E-state index in [0.29, 0.717) is 33.3 Å². The third-order valence-corrected chi connectivity index (χ3v) is 5.85. The predicted molar refractivity (Wildman–Crippen MR) is 127 cm³/mol. The van der Waals surface area contributed by atoms with E-state index in [1.165, 1.54) is 19.1 Å². The Kier molecular flexibility index (Phi) is 6.11. The van der Waals surface area contributed by atoms with Gasteiger partial charge < -0.3 is 14.6 Å². The molecule has 0 aromatic heterocycles. The number of hydrogen-bond donors (Lipinski definition) is 1. The lowest BCUT2D eigenvalue weighted by molar-refractivity contribution is -0.132. The van der Waals surface area contributed by atoms with Gasteiger partial charge in [-0.1, -0.05) is 35.4 Å². The fourth-order valence-electron chi connectivity index (χ4n) is 3.91. The highest BCUT2D eigenvalue weighted by Crippen LogP contribution is 2.44. The van der Waals surface area contributed by atoms with Crippen molar-refractivity contribution in [2.24, 2.45) is 0 Å². The smallest absolute Gasteiger partial charge is 0.300 e. The van der Waals surface area contributed by atoms with Crippen molar-refractivity contribution in [3.05, 3.63) is 94.0 Å². The van der Waals surface area contributed by atoms with Gasteiger partial charge in [0.05, 0.1) is 25.8 Å². The van der Waals surface area contributed by atoms with Crippen molar-refractivity contribution in [1.82, 2.24) is 0 Å². The molecule has 1 atom stereocenters. The number of ether oxygens (including phenoxy) is 2. The molecule has 0 bridgehead atoms. The van der Waals surface area contributed by atoms with Gasteiger partial charge in [0.15, 0.2) is 11.5 Å². The number of halogens is 1. The zero-order valence-corrected chi connectivity index (χ0v) is 19.1. The van der Waals surface area contributed by atoms with Crippen LogP contribution in [0.1, 0.15) is 22.7 Å². The summed E-state index contributed by atoms with van der Waals surface area (Å²) >= 11 is 5.98. The Bertz CT molecular complexity index is 1250. The van der Waals surface area contributed by atoms with E-state index in [9.17, 15) is 14.7 Å². The van der Waals surface area contributed by atoms with E-state index in [2.05, 4.69) is 0 Å². The Morgan fingerprint density at radius 3 is 2.15 bits per heavy atom. The van der Waals surface area contributed by atoms with Crippen LogP contribution in [0.5, 0.6) is 11.5 Å². The molecule has 3 aromatic carbocycles. The van der Waals surface area contributed by atoms with Crippen LogP contribution < -0.4 is 14.4 Å². The summed E-state index contributed by atoms with van der Waals surface area (Å²) in [6.07, 6.45) is 0. The van der Waals surface area contributed by atoms with E-state index in [0.717, 1.165) is 5.56 Å². The zero-order valence-electron chi connectivity index (χ0n) is 18.3. The molecule has 4 rings (SSSR count). The number of aryl methyl sites for hydroxylation is 1. The average Bonchev–Trinajstić information content (AvgIpc) is 3.09. The fraction of sp³-hybridized carbons (Fsp3) is 0.154. The van der Waals surface area contributed by atoms with Gasteiger partial charge in [0, 0.05) is 16.3 Å². The number of methoxy groups -OCH3 is 2. The van der Waals surface area contributed by atoms with Gasteiger partial charge in [0.1, 0.15) is 5.76 Å². The molecule has 0 unspecified atom stereocenters. The lowest BCUT2D eigenvalue weighted by Gasteiger charge is -2.26. The molecule has 1 N–H and O–H groups in total. The maximum absolute atomic E-state index is 13.2. The summed E-state index contributed by atoms with van der Waals surface area (Å²) in [4.78, 5) is 27.8. The minimum atomic E-state index is -0.872. The Morgan fingerprint density at radius 2 is 1.55 bits per heavy atom. The fourth-order valence-corrected chi connectivity index (χ4v) is 4.03. The van der Waals surface area contributed by atoms with E-state index < -0.39 is 17.7 Å². The number of amides is 1. The first-order valence-electron chi connectivity index (χ1n) is 10.2. The molecule has 1 heterocycles. The first-order chi connectivity index (χ1) is 15.8. The number of Topliss-reactive ketones (excluding diaryl/α,β-unsaturated/α-hetero) is 1. The second kappa shape index (κ2) is 9.00. The van der Waals surface area contributed by atoms with Crippen molar-refractivity contribution in [3.63, 3.8) is 0 Å². The Morgan fingerprint density at radius 1 is 0.909 bits per heavy atom. The molecule has 0 saturated carbocycles.